The maximum absolute atomic E-state index is 12.3. The number of nitrogens with zero attached hydrogens (tertiary/aromatic N) is 2. The number of pyridine rings is 1. The van der Waals surface area contributed by atoms with E-state index in [1.165, 1.54) is 12.0 Å². The lowest BCUT2D eigenvalue weighted by Gasteiger charge is -2.34. The smallest absolute Gasteiger partial charge is 0.249 e. The van der Waals surface area contributed by atoms with Crippen LogP contribution in [0, 0.1) is 5.92 Å². The summed E-state index contributed by atoms with van der Waals surface area (Å²) >= 11 is 0. The van der Waals surface area contributed by atoms with Gasteiger partial charge in [-0.3, -0.25) is 14.7 Å². The van der Waals surface area contributed by atoms with E-state index in [0.717, 1.165) is 45.3 Å². The number of nitrogens with one attached hydrogen (secondary N) is 1. The molecule has 2 aliphatic heterocycles. The standard InChI is InChI=1S/C18H25N3O2/c22-18(20-15-2-1-3-15)16-10-14-6-9-21(12-17(14)23-16)11-13-4-7-19-8-5-13/h4-5,7-8,14-17H,1-3,6,9-12H2,(H,20,22)/t14-,16-,17-/m0/s1. The van der Waals surface area contributed by atoms with E-state index in [1.54, 1.807) is 0 Å². The molecule has 1 N–H and O–H groups in total. The van der Waals surface area contributed by atoms with E-state index in [-0.39, 0.29) is 18.1 Å². The monoisotopic (exact) mass is 315 g/mol. The minimum Gasteiger partial charge on any atom is -0.364 e. The molecule has 2 saturated heterocycles. The fourth-order valence-corrected chi connectivity index (χ4v) is 3.90. The van der Waals surface area contributed by atoms with Crippen LogP contribution in [0.3, 0.4) is 0 Å². The van der Waals surface area contributed by atoms with Gasteiger partial charge in [0.05, 0.1) is 6.10 Å². The predicted octanol–water partition coefficient (Wildman–Crippen LogP) is 1.73. The molecule has 0 aromatic carbocycles. The maximum Gasteiger partial charge on any atom is 0.249 e. The fraction of sp³-hybridized carbons (Fsp3) is 0.667. The van der Waals surface area contributed by atoms with Gasteiger partial charge in [-0.1, -0.05) is 0 Å². The molecule has 3 heterocycles. The van der Waals surface area contributed by atoms with Crippen molar-refractivity contribution >= 4 is 5.91 Å². The fourth-order valence-electron chi connectivity index (χ4n) is 3.90. The van der Waals surface area contributed by atoms with Crippen molar-refractivity contribution < 1.29 is 9.53 Å². The van der Waals surface area contributed by atoms with Crippen molar-refractivity contribution in [2.45, 2.75) is 56.9 Å². The van der Waals surface area contributed by atoms with Gasteiger partial charge in [-0.25, -0.2) is 0 Å². The Morgan fingerprint density at radius 2 is 2.13 bits per heavy atom. The maximum atomic E-state index is 12.3. The number of piperidine rings is 1. The van der Waals surface area contributed by atoms with E-state index in [1.807, 2.05) is 12.4 Å². The van der Waals surface area contributed by atoms with Gasteiger partial charge in [0, 0.05) is 31.5 Å². The molecule has 0 spiro atoms. The molecule has 3 fully saturated rings. The minimum absolute atomic E-state index is 0.116. The normalized spacial score (nSPS) is 31.4. The summed E-state index contributed by atoms with van der Waals surface area (Å²) in [5.41, 5.74) is 1.29. The first kappa shape index (κ1) is 15.1. The number of fused-ring (bicyclic) bond motifs is 1. The Labute approximate surface area is 137 Å². The van der Waals surface area contributed by atoms with E-state index >= 15 is 0 Å². The number of ether oxygens (including phenoxy) is 1. The lowest BCUT2D eigenvalue weighted by Crippen LogP contribution is -2.45. The zero-order valence-electron chi connectivity index (χ0n) is 13.5. The van der Waals surface area contributed by atoms with Gasteiger partial charge in [-0.05, 0) is 62.3 Å². The Morgan fingerprint density at radius 1 is 1.30 bits per heavy atom. The highest BCUT2D eigenvalue weighted by Gasteiger charge is 2.42. The SMILES string of the molecule is O=C(NC1CCC1)[C@@H]1C[C@@H]2CCN(Cc3ccncc3)C[C@@H]2O1. The van der Waals surface area contributed by atoms with Crippen molar-refractivity contribution in [1.82, 2.24) is 15.2 Å². The summed E-state index contributed by atoms with van der Waals surface area (Å²) in [7, 11) is 0. The molecule has 1 amide bonds. The summed E-state index contributed by atoms with van der Waals surface area (Å²) in [5.74, 6) is 0.658. The average molecular weight is 315 g/mol. The summed E-state index contributed by atoms with van der Waals surface area (Å²) in [6.07, 6.45) is 9.19. The van der Waals surface area contributed by atoms with Crippen molar-refractivity contribution in [3.8, 4) is 0 Å². The van der Waals surface area contributed by atoms with Gasteiger partial charge >= 0.3 is 0 Å². The van der Waals surface area contributed by atoms with Gasteiger partial charge in [0.15, 0.2) is 0 Å². The molecule has 1 aromatic heterocycles. The van der Waals surface area contributed by atoms with Crippen molar-refractivity contribution in [1.29, 1.82) is 0 Å². The molecule has 1 aliphatic carbocycles. The molecule has 1 aromatic rings. The van der Waals surface area contributed by atoms with Crippen molar-refractivity contribution in [2.75, 3.05) is 13.1 Å². The van der Waals surface area contributed by atoms with Crippen LogP contribution in [0.5, 0.6) is 0 Å². The van der Waals surface area contributed by atoms with Crippen LogP contribution in [0.25, 0.3) is 0 Å². The molecule has 0 bridgehead atoms. The zero-order valence-corrected chi connectivity index (χ0v) is 13.5. The first-order chi connectivity index (χ1) is 11.3. The molecule has 4 rings (SSSR count). The van der Waals surface area contributed by atoms with Gasteiger partial charge in [0.2, 0.25) is 5.91 Å². The molecule has 3 aliphatic rings. The van der Waals surface area contributed by atoms with E-state index in [9.17, 15) is 4.79 Å². The largest absolute Gasteiger partial charge is 0.364 e. The highest BCUT2D eigenvalue weighted by atomic mass is 16.5. The predicted molar refractivity (Wildman–Crippen MR) is 86.7 cm³/mol. The van der Waals surface area contributed by atoms with E-state index in [0.29, 0.717) is 12.0 Å². The lowest BCUT2D eigenvalue weighted by atomic mass is 9.90. The molecular formula is C18H25N3O2. The summed E-state index contributed by atoms with van der Waals surface area (Å²) < 4.78 is 6.10. The van der Waals surface area contributed by atoms with Gasteiger partial charge < -0.3 is 10.1 Å². The zero-order chi connectivity index (χ0) is 15.6. The van der Waals surface area contributed by atoms with Crippen LogP contribution in [0.4, 0.5) is 0 Å². The molecular weight excluding hydrogens is 290 g/mol. The van der Waals surface area contributed by atoms with Crippen LogP contribution < -0.4 is 5.32 Å². The topological polar surface area (TPSA) is 54.5 Å². The number of carbonyl (C=O) groups excluding carboxylic acids is 1. The Balaban J connectivity index is 1.30. The first-order valence-electron chi connectivity index (χ1n) is 8.85. The van der Waals surface area contributed by atoms with Crippen molar-refractivity contribution in [2.24, 2.45) is 5.92 Å². The van der Waals surface area contributed by atoms with Crippen LogP contribution in [-0.4, -0.2) is 47.1 Å². The summed E-state index contributed by atoms with van der Waals surface area (Å²) in [5, 5.41) is 3.13. The van der Waals surface area contributed by atoms with Gasteiger partial charge in [-0.15, -0.1) is 0 Å². The van der Waals surface area contributed by atoms with Crippen LogP contribution in [0.1, 0.15) is 37.7 Å². The highest BCUT2D eigenvalue weighted by Crippen LogP contribution is 2.34. The first-order valence-corrected chi connectivity index (χ1v) is 8.85. The number of likely N-dealkylation sites (tertiary alicyclic amines) is 1. The molecule has 1 saturated carbocycles. The van der Waals surface area contributed by atoms with Crippen LogP contribution in [0.15, 0.2) is 24.5 Å². The molecule has 5 nitrogen and oxygen atoms in total. The van der Waals surface area contributed by atoms with E-state index in [4.69, 9.17) is 4.74 Å². The highest BCUT2D eigenvalue weighted by molar-refractivity contribution is 5.81. The van der Waals surface area contributed by atoms with Gasteiger partial charge in [-0.2, -0.15) is 0 Å². The van der Waals surface area contributed by atoms with Crippen LogP contribution >= 0.6 is 0 Å². The Bertz CT molecular complexity index is 546. The van der Waals surface area contributed by atoms with Crippen LogP contribution in [-0.2, 0) is 16.1 Å². The number of hydrogen-bond acceptors (Lipinski definition) is 4. The van der Waals surface area contributed by atoms with E-state index in [2.05, 4.69) is 27.3 Å². The molecule has 0 radical (unpaired) electrons. The minimum atomic E-state index is -0.230. The molecule has 5 heteroatoms. The molecule has 124 valence electrons. The van der Waals surface area contributed by atoms with Crippen molar-refractivity contribution in [3.63, 3.8) is 0 Å². The Morgan fingerprint density at radius 3 is 2.87 bits per heavy atom. The van der Waals surface area contributed by atoms with E-state index < -0.39 is 0 Å². The Hall–Kier alpha value is -1.46. The second-order valence-corrected chi connectivity index (χ2v) is 7.17. The van der Waals surface area contributed by atoms with Crippen LogP contribution in [0.2, 0.25) is 0 Å². The molecule has 3 atom stereocenters. The second-order valence-electron chi connectivity index (χ2n) is 7.17. The molecule has 0 unspecified atom stereocenters. The third kappa shape index (κ3) is 3.40. The lowest BCUT2D eigenvalue weighted by molar-refractivity contribution is -0.134. The third-order valence-electron chi connectivity index (χ3n) is 5.54. The quantitative estimate of drug-likeness (QED) is 0.919. The number of hydrogen-bond donors (Lipinski definition) is 1. The average Bonchev–Trinajstić information content (AvgIpc) is 2.95. The third-order valence-corrected chi connectivity index (χ3v) is 5.54. The Kier molecular flexibility index (Phi) is 4.31. The summed E-state index contributed by atoms with van der Waals surface area (Å²) in [6, 6.07) is 4.53. The second kappa shape index (κ2) is 6.57. The number of rotatable bonds is 4. The molecule has 23 heavy (non-hydrogen) atoms. The number of carbonyl (C=O) groups is 1. The summed E-state index contributed by atoms with van der Waals surface area (Å²) in [6.45, 7) is 2.96. The number of aromatic nitrogens is 1. The number of amides is 1. The van der Waals surface area contributed by atoms with Gasteiger partial charge in [0.1, 0.15) is 6.10 Å². The van der Waals surface area contributed by atoms with Crippen molar-refractivity contribution in [3.05, 3.63) is 30.1 Å². The summed E-state index contributed by atoms with van der Waals surface area (Å²) in [4.78, 5) is 18.8. The van der Waals surface area contributed by atoms with Gasteiger partial charge in [0.25, 0.3) is 0 Å².